The van der Waals surface area contributed by atoms with E-state index in [1.165, 1.54) is 113 Å². The zero-order chi connectivity index (χ0) is 43.8. The van der Waals surface area contributed by atoms with E-state index in [2.05, 4.69) is 249 Å². The van der Waals surface area contributed by atoms with Crippen LogP contribution >= 0.6 is 10.0 Å². The predicted molar refractivity (Wildman–Crippen MR) is 275 cm³/mol. The Morgan fingerprint density at radius 3 is 1.43 bits per heavy atom. The van der Waals surface area contributed by atoms with Crippen LogP contribution in [0, 0.1) is 0 Å². The molecule has 11 rings (SSSR count). The molecule has 9 aromatic rings. The first kappa shape index (κ1) is 40.9. The van der Waals surface area contributed by atoms with Crippen molar-refractivity contribution in [1.82, 2.24) is 0 Å². The molecule has 2 aliphatic rings. The monoisotopic (exact) mass is 857 g/mol. The average Bonchev–Trinajstić information content (AvgIpc) is 3.61. The van der Waals surface area contributed by atoms with Gasteiger partial charge in [0.2, 0.25) is 0 Å². The van der Waals surface area contributed by atoms with Crippen LogP contribution in [-0.4, -0.2) is 0 Å². The fourth-order valence-electron chi connectivity index (χ4n) is 10.9. The van der Waals surface area contributed by atoms with Crippen molar-refractivity contribution in [3.63, 3.8) is 0 Å². The zero-order valence-corrected chi connectivity index (χ0v) is 38.2. The van der Waals surface area contributed by atoms with Gasteiger partial charge in [-0.2, -0.15) is 0 Å². The molecule has 0 bridgehead atoms. The normalized spacial score (nSPS) is 14.6. The Bertz CT molecular complexity index is 2950. The average molecular weight is 858 g/mol. The largest absolute Gasteiger partial charge is 0.310 e. The maximum Gasteiger partial charge on any atom is 0.0465 e. The van der Waals surface area contributed by atoms with Crippen LogP contribution in [0.25, 0.3) is 33.4 Å². The van der Waals surface area contributed by atoms with Crippen molar-refractivity contribution in [3.8, 4) is 33.4 Å². The molecular weight excluding hydrogens is 803 g/mol. The Morgan fingerprint density at radius 2 is 0.862 bits per heavy atom. The molecule has 0 radical (unpaired) electrons. The highest BCUT2D eigenvalue weighted by Gasteiger charge is 2.38. The van der Waals surface area contributed by atoms with Crippen molar-refractivity contribution in [2.45, 2.75) is 76.9 Å². The molecule has 0 heterocycles. The fraction of sp³-hybridized carbons (Fsp3) is 0.143. The summed E-state index contributed by atoms with van der Waals surface area (Å²) in [6.07, 6.45) is 6.60. The van der Waals surface area contributed by atoms with Gasteiger partial charge in [-0.15, -0.1) is 10.0 Å². The summed E-state index contributed by atoms with van der Waals surface area (Å²) in [4.78, 5) is 7.78. The van der Waals surface area contributed by atoms with Gasteiger partial charge in [-0.25, -0.2) is 0 Å². The van der Waals surface area contributed by atoms with Gasteiger partial charge in [-0.05, 0) is 154 Å². The minimum absolute atomic E-state index is 0.189. The quantitative estimate of drug-likeness (QED) is 0.132. The molecule has 0 aliphatic heterocycles. The highest BCUT2D eigenvalue weighted by molar-refractivity contribution is 8.34. The van der Waals surface area contributed by atoms with E-state index in [-0.39, 0.29) is 5.41 Å². The van der Waals surface area contributed by atoms with E-state index in [9.17, 15) is 0 Å². The van der Waals surface area contributed by atoms with Crippen molar-refractivity contribution < 1.29 is 0 Å². The van der Waals surface area contributed by atoms with Gasteiger partial charge in [0.05, 0.1) is 0 Å². The number of benzene rings is 9. The third-order valence-corrected chi connectivity index (χ3v) is 18.1. The first-order valence-corrected chi connectivity index (χ1v) is 25.1. The molecule has 9 aromatic carbocycles. The summed E-state index contributed by atoms with van der Waals surface area (Å²) in [6.45, 7) is 4.81. The molecule has 0 spiro atoms. The highest BCUT2D eigenvalue weighted by atomic mass is 32.3. The summed E-state index contributed by atoms with van der Waals surface area (Å²) in [6, 6.07) is 86.5. The molecule has 0 atom stereocenters. The second kappa shape index (κ2) is 17.3. The van der Waals surface area contributed by atoms with E-state index in [4.69, 9.17) is 0 Å². The fourth-order valence-corrected chi connectivity index (χ4v) is 14.8. The third-order valence-electron chi connectivity index (χ3n) is 14.2. The van der Waals surface area contributed by atoms with E-state index < -0.39 is 10.0 Å². The summed E-state index contributed by atoms with van der Waals surface area (Å²) < 4.78 is 0. The van der Waals surface area contributed by atoms with Crippen molar-refractivity contribution in [2.75, 3.05) is 4.90 Å². The first-order chi connectivity index (χ1) is 32.0. The summed E-state index contributed by atoms with van der Waals surface area (Å²) in [5, 5.41) is 0. The molecule has 65 heavy (non-hydrogen) atoms. The lowest BCUT2D eigenvalue weighted by Gasteiger charge is -2.42. The molecule has 0 aromatic heterocycles. The van der Waals surface area contributed by atoms with E-state index in [1.54, 1.807) is 0 Å². The van der Waals surface area contributed by atoms with Crippen LogP contribution < -0.4 is 4.90 Å². The molecule has 2 aliphatic carbocycles. The number of fused-ring (bicyclic) bond motifs is 3. The van der Waals surface area contributed by atoms with Crippen molar-refractivity contribution >= 4 is 27.1 Å². The maximum atomic E-state index is 2.49. The standard InChI is InChI=1S/C63H55NS/c1-63(2)60-30-18-29-58(50-33-31-48(32-34-50)46-19-8-3-9-20-46)62(60)59-44-41-53(45-61(59)63)64(51-37-35-49(36-38-51)47-21-10-4-11-22-47)52-39-42-57(43-40-52)65(54-23-12-5-13-24-54,55-25-14-6-15-26-55)56-27-16-7-17-28-56/h3,5-9,12-20,23-45,47H,4,10-11,21-22H2,1-2H3. The van der Waals surface area contributed by atoms with Gasteiger partial charge in [0.1, 0.15) is 0 Å². The molecular formula is C63H55NS. The van der Waals surface area contributed by atoms with Crippen LogP contribution in [-0.2, 0) is 5.41 Å². The highest BCUT2D eigenvalue weighted by Crippen LogP contribution is 2.73. The summed E-state index contributed by atoms with van der Waals surface area (Å²) in [7, 11) is -1.82. The van der Waals surface area contributed by atoms with Gasteiger partial charge in [0, 0.05) is 42.1 Å². The molecule has 2 heteroatoms. The predicted octanol–water partition coefficient (Wildman–Crippen LogP) is 18.2. The van der Waals surface area contributed by atoms with Gasteiger partial charge in [0.25, 0.3) is 0 Å². The number of rotatable bonds is 10. The third kappa shape index (κ3) is 7.31. The topological polar surface area (TPSA) is 3.24 Å². The lowest BCUT2D eigenvalue weighted by Crippen LogP contribution is -2.16. The van der Waals surface area contributed by atoms with Gasteiger partial charge in [0.15, 0.2) is 0 Å². The zero-order valence-electron chi connectivity index (χ0n) is 37.4. The smallest absolute Gasteiger partial charge is 0.0465 e. The Balaban J connectivity index is 1.04. The van der Waals surface area contributed by atoms with Crippen molar-refractivity contribution in [3.05, 3.63) is 247 Å². The molecule has 0 N–H and O–H groups in total. The summed E-state index contributed by atoms with van der Waals surface area (Å²) in [5.74, 6) is 0.652. The van der Waals surface area contributed by atoms with Crippen LogP contribution in [0.4, 0.5) is 17.1 Å². The molecule has 0 unspecified atom stereocenters. The van der Waals surface area contributed by atoms with Crippen LogP contribution in [0.5, 0.6) is 0 Å². The van der Waals surface area contributed by atoms with Crippen LogP contribution in [0.3, 0.4) is 0 Å². The van der Waals surface area contributed by atoms with Gasteiger partial charge in [-0.1, -0.05) is 179 Å². The summed E-state index contributed by atoms with van der Waals surface area (Å²) in [5.41, 5.74) is 15.2. The Kier molecular flexibility index (Phi) is 10.9. The van der Waals surface area contributed by atoms with Crippen LogP contribution in [0.2, 0.25) is 0 Å². The number of anilines is 3. The van der Waals surface area contributed by atoms with E-state index in [0.717, 1.165) is 5.69 Å². The van der Waals surface area contributed by atoms with Gasteiger partial charge in [-0.3, -0.25) is 0 Å². The van der Waals surface area contributed by atoms with Crippen molar-refractivity contribution in [2.24, 2.45) is 0 Å². The van der Waals surface area contributed by atoms with Crippen LogP contribution in [0.15, 0.2) is 250 Å². The molecule has 1 fully saturated rings. The molecule has 0 amide bonds. The van der Waals surface area contributed by atoms with E-state index in [0.29, 0.717) is 5.92 Å². The minimum atomic E-state index is -1.82. The molecule has 0 saturated heterocycles. The minimum Gasteiger partial charge on any atom is -0.310 e. The number of hydrogen-bond acceptors (Lipinski definition) is 1. The van der Waals surface area contributed by atoms with E-state index >= 15 is 0 Å². The summed E-state index contributed by atoms with van der Waals surface area (Å²) >= 11 is 0. The van der Waals surface area contributed by atoms with Crippen molar-refractivity contribution in [1.29, 1.82) is 0 Å². The lowest BCUT2D eigenvalue weighted by molar-refractivity contribution is 0.443. The molecule has 1 nitrogen and oxygen atoms in total. The Morgan fingerprint density at radius 1 is 0.385 bits per heavy atom. The van der Waals surface area contributed by atoms with E-state index in [1.807, 2.05) is 0 Å². The maximum absolute atomic E-state index is 2.49. The number of nitrogens with zero attached hydrogens (tertiary/aromatic N) is 1. The molecule has 1 saturated carbocycles. The second-order valence-electron chi connectivity index (χ2n) is 18.3. The number of hydrogen-bond donors (Lipinski definition) is 0. The molecule has 318 valence electrons. The SMILES string of the molecule is CC1(C)c2cc(N(c3ccc(C4CCCCC4)cc3)c3ccc(S(c4ccccc4)(c4ccccc4)c4ccccc4)cc3)ccc2-c2c(-c3ccc(-c4ccccc4)cc3)cccc21. The Hall–Kier alpha value is -6.87. The van der Waals surface area contributed by atoms with Gasteiger partial charge >= 0.3 is 0 Å². The van der Waals surface area contributed by atoms with Gasteiger partial charge < -0.3 is 4.90 Å². The second-order valence-corrected chi connectivity index (χ2v) is 21.4. The van der Waals surface area contributed by atoms with Crippen LogP contribution in [0.1, 0.15) is 68.6 Å². The lowest BCUT2D eigenvalue weighted by atomic mass is 9.81. The Labute approximate surface area is 387 Å². The first-order valence-electron chi connectivity index (χ1n) is 23.4.